The second-order valence-electron chi connectivity index (χ2n) is 3.56. The molecular weight excluding hydrogens is 393 g/mol. The van der Waals surface area contributed by atoms with Gasteiger partial charge in [-0.1, -0.05) is 11.6 Å². The van der Waals surface area contributed by atoms with Gasteiger partial charge < -0.3 is 4.74 Å². The number of pyridine rings is 1. The highest BCUT2D eigenvalue weighted by Crippen LogP contribution is 2.28. The molecule has 1 heterocycles. The first kappa shape index (κ1) is 14.4. The zero-order chi connectivity index (χ0) is 14.0. The molecule has 0 bridgehead atoms. The number of rotatable bonds is 2. The third-order valence-corrected chi connectivity index (χ3v) is 3.20. The number of aromatic nitrogens is 1. The minimum atomic E-state index is -4.69. The van der Waals surface area contributed by atoms with Gasteiger partial charge in [-0.3, -0.25) is 4.98 Å². The molecule has 0 N–H and O–H groups in total. The van der Waals surface area contributed by atoms with E-state index in [1.807, 2.05) is 0 Å². The Balaban J connectivity index is 2.27. The molecule has 2 rings (SSSR count). The molecule has 0 amide bonds. The summed E-state index contributed by atoms with van der Waals surface area (Å²) in [5.41, 5.74) is 1.35. The van der Waals surface area contributed by atoms with E-state index < -0.39 is 6.36 Å². The highest BCUT2D eigenvalue weighted by Gasteiger charge is 2.30. The molecule has 0 aliphatic heterocycles. The van der Waals surface area contributed by atoms with E-state index in [4.69, 9.17) is 11.6 Å². The zero-order valence-corrected chi connectivity index (χ0v) is 12.1. The lowest BCUT2D eigenvalue weighted by Gasteiger charge is -2.09. The highest BCUT2D eigenvalue weighted by atomic mass is 127. The maximum Gasteiger partial charge on any atom is 0.573 e. The summed E-state index contributed by atoms with van der Waals surface area (Å²) >= 11 is 7.85. The van der Waals surface area contributed by atoms with E-state index in [1.54, 1.807) is 6.07 Å². The first-order valence-electron chi connectivity index (χ1n) is 5.02. The van der Waals surface area contributed by atoms with Gasteiger partial charge in [-0.25, -0.2) is 0 Å². The predicted molar refractivity (Wildman–Crippen MR) is 74.1 cm³/mol. The average Bonchev–Trinajstić information content (AvgIpc) is 2.28. The summed E-state index contributed by atoms with van der Waals surface area (Å²) < 4.78 is 40.7. The molecule has 0 saturated heterocycles. The van der Waals surface area contributed by atoms with Crippen LogP contribution in [0.5, 0.6) is 5.75 Å². The number of hydrogen-bond acceptors (Lipinski definition) is 2. The Labute approximate surface area is 125 Å². The third-order valence-electron chi connectivity index (χ3n) is 2.17. The first-order valence-corrected chi connectivity index (χ1v) is 6.48. The molecule has 0 saturated carbocycles. The molecule has 0 unspecified atom stereocenters. The molecule has 19 heavy (non-hydrogen) atoms. The number of hydrogen-bond donors (Lipinski definition) is 0. The lowest BCUT2D eigenvalue weighted by molar-refractivity contribution is -0.274. The summed E-state index contributed by atoms with van der Waals surface area (Å²) in [6.45, 7) is 0. The van der Waals surface area contributed by atoms with Gasteiger partial charge in [0.05, 0.1) is 10.7 Å². The summed E-state index contributed by atoms with van der Waals surface area (Å²) in [6.07, 6.45) is -3.20. The topological polar surface area (TPSA) is 22.1 Å². The number of halogens is 5. The summed E-state index contributed by atoms with van der Waals surface area (Å²) in [4.78, 5) is 4.15. The van der Waals surface area contributed by atoms with Crippen LogP contribution >= 0.6 is 34.2 Å². The van der Waals surface area contributed by atoms with Gasteiger partial charge in [0, 0.05) is 15.3 Å². The quantitative estimate of drug-likeness (QED) is 0.670. The summed E-state index contributed by atoms with van der Waals surface area (Å²) in [5.74, 6) is -0.264. The van der Waals surface area contributed by atoms with Crippen LogP contribution in [0, 0.1) is 3.57 Å². The fourth-order valence-corrected chi connectivity index (χ4v) is 2.57. The van der Waals surface area contributed by atoms with Crippen molar-refractivity contribution in [1.29, 1.82) is 0 Å². The van der Waals surface area contributed by atoms with E-state index in [2.05, 4.69) is 32.3 Å². The third kappa shape index (κ3) is 3.97. The molecular formula is C12H6ClF3INO. The largest absolute Gasteiger partial charge is 0.573 e. The van der Waals surface area contributed by atoms with Crippen molar-refractivity contribution in [2.45, 2.75) is 6.36 Å². The zero-order valence-electron chi connectivity index (χ0n) is 9.21. The maximum absolute atomic E-state index is 12.0. The van der Waals surface area contributed by atoms with Crippen molar-refractivity contribution in [1.82, 2.24) is 4.98 Å². The van der Waals surface area contributed by atoms with Gasteiger partial charge in [0.15, 0.2) is 0 Å². The van der Waals surface area contributed by atoms with Crippen molar-refractivity contribution in [3.63, 3.8) is 0 Å². The van der Waals surface area contributed by atoms with Crippen molar-refractivity contribution in [2.24, 2.45) is 0 Å². The van der Waals surface area contributed by atoms with E-state index in [1.165, 1.54) is 30.5 Å². The van der Waals surface area contributed by atoms with Crippen molar-refractivity contribution in [3.05, 3.63) is 45.1 Å². The fraction of sp³-hybridized carbons (Fsp3) is 0.0833. The number of nitrogens with zero attached hydrogens (tertiary/aromatic N) is 1. The molecule has 0 atom stereocenters. The molecule has 0 aliphatic carbocycles. The normalized spacial score (nSPS) is 11.4. The number of alkyl halides is 3. The first-order chi connectivity index (χ1) is 8.85. The molecule has 0 aliphatic rings. The Hall–Kier alpha value is -1.02. The summed E-state index contributed by atoms with van der Waals surface area (Å²) in [7, 11) is 0. The Morgan fingerprint density at radius 3 is 2.32 bits per heavy atom. The van der Waals surface area contributed by atoms with Crippen LogP contribution in [0.15, 0.2) is 36.5 Å². The Morgan fingerprint density at radius 2 is 1.79 bits per heavy atom. The van der Waals surface area contributed by atoms with Crippen molar-refractivity contribution >= 4 is 34.2 Å². The van der Waals surface area contributed by atoms with Gasteiger partial charge in [-0.15, -0.1) is 13.2 Å². The van der Waals surface area contributed by atoms with E-state index >= 15 is 0 Å². The van der Waals surface area contributed by atoms with Crippen molar-refractivity contribution < 1.29 is 17.9 Å². The number of benzene rings is 1. The highest BCUT2D eigenvalue weighted by molar-refractivity contribution is 14.1. The minimum absolute atomic E-state index is 0.264. The molecule has 7 heteroatoms. The fourth-order valence-electron chi connectivity index (χ4n) is 1.44. The van der Waals surface area contributed by atoms with Crippen LogP contribution in [0.25, 0.3) is 11.3 Å². The van der Waals surface area contributed by atoms with Crippen LogP contribution in [0.4, 0.5) is 13.2 Å². The second-order valence-corrected chi connectivity index (χ2v) is 5.15. The van der Waals surface area contributed by atoms with Gasteiger partial charge in [-0.05, 0) is 52.9 Å². The Bertz CT molecular complexity index is 587. The second kappa shape index (κ2) is 5.54. The molecule has 1 aromatic heterocycles. The molecule has 0 radical (unpaired) electrons. The average molecular weight is 400 g/mol. The monoisotopic (exact) mass is 399 g/mol. The van der Waals surface area contributed by atoms with Crippen LogP contribution in [-0.2, 0) is 0 Å². The molecule has 0 fully saturated rings. The Kier molecular flexibility index (Phi) is 4.19. The van der Waals surface area contributed by atoms with Crippen LogP contribution in [0.3, 0.4) is 0 Å². The van der Waals surface area contributed by atoms with Crippen LogP contribution in [0.1, 0.15) is 0 Å². The standard InChI is InChI=1S/C12H6ClF3INO/c13-8-5-10(17)11(18-6-8)7-1-3-9(4-2-7)19-12(14,15)16/h1-6H. The molecule has 2 aromatic rings. The van der Waals surface area contributed by atoms with Gasteiger partial charge >= 0.3 is 6.36 Å². The van der Waals surface area contributed by atoms with E-state index in [-0.39, 0.29) is 5.75 Å². The lowest BCUT2D eigenvalue weighted by atomic mass is 10.1. The maximum atomic E-state index is 12.0. The van der Waals surface area contributed by atoms with Crippen molar-refractivity contribution in [3.8, 4) is 17.0 Å². The van der Waals surface area contributed by atoms with Gasteiger partial charge in [0.25, 0.3) is 0 Å². The van der Waals surface area contributed by atoms with Crippen LogP contribution < -0.4 is 4.74 Å². The van der Waals surface area contributed by atoms with Gasteiger partial charge in [-0.2, -0.15) is 0 Å². The summed E-state index contributed by atoms with van der Waals surface area (Å²) in [5, 5.41) is 0.505. The SMILES string of the molecule is FC(F)(F)Oc1ccc(-c2ncc(Cl)cc2I)cc1. The molecule has 1 aromatic carbocycles. The van der Waals surface area contributed by atoms with E-state index in [0.717, 1.165) is 3.57 Å². The summed E-state index contributed by atoms with van der Waals surface area (Å²) in [6, 6.07) is 7.24. The van der Waals surface area contributed by atoms with E-state index in [0.29, 0.717) is 16.3 Å². The molecule has 100 valence electrons. The van der Waals surface area contributed by atoms with Gasteiger partial charge in [0.2, 0.25) is 0 Å². The lowest BCUT2D eigenvalue weighted by Crippen LogP contribution is -2.16. The van der Waals surface area contributed by atoms with Crippen molar-refractivity contribution in [2.75, 3.05) is 0 Å². The van der Waals surface area contributed by atoms with Crippen LogP contribution in [0.2, 0.25) is 5.02 Å². The van der Waals surface area contributed by atoms with Crippen LogP contribution in [-0.4, -0.2) is 11.3 Å². The predicted octanol–water partition coefficient (Wildman–Crippen LogP) is 4.91. The smallest absolute Gasteiger partial charge is 0.406 e. The minimum Gasteiger partial charge on any atom is -0.406 e. The number of ether oxygens (including phenoxy) is 1. The van der Waals surface area contributed by atoms with E-state index in [9.17, 15) is 13.2 Å². The van der Waals surface area contributed by atoms with Gasteiger partial charge in [0.1, 0.15) is 5.75 Å². The molecule has 2 nitrogen and oxygen atoms in total. The molecule has 0 spiro atoms. The Morgan fingerprint density at radius 1 is 1.16 bits per heavy atom.